The Morgan fingerprint density at radius 1 is 0.864 bits per heavy atom. The second kappa shape index (κ2) is 4.76. The monoisotopic (exact) mass is 304 g/mol. The van der Waals surface area contributed by atoms with E-state index in [2.05, 4.69) is 62.3 Å². The molecule has 0 aromatic heterocycles. The van der Waals surface area contributed by atoms with Crippen LogP contribution in [0.4, 0.5) is 0 Å². The van der Waals surface area contributed by atoms with Gasteiger partial charge in [-0.05, 0) is 76.9 Å². The minimum Gasteiger partial charge on any atom is -0.0625 e. The predicted molar refractivity (Wildman–Crippen MR) is 96.6 cm³/mol. The molecular weight excluding hydrogens is 264 g/mol. The summed E-state index contributed by atoms with van der Waals surface area (Å²) in [5, 5.41) is 0. The van der Waals surface area contributed by atoms with E-state index in [0.29, 0.717) is 16.2 Å². The minimum absolute atomic E-state index is 0.540. The van der Waals surface area contributed by atoms with Crippen LogP contribution in [0, 0.1) is 57.7 Å². The summed E-state index contributed by atoms with van der Waals surface area (Å²) in [6, 6.07) is 0. The Balaban J connectivity index is 1.94. The van der Waals surface area contributed by atoms with Crippen LogP contribution < -0.4 is 0 Å². The number of rotatable bonds is 3. The smallest absolute Gasteiger partial charge is 0.0212 e. The van der Waals surface area contributed by atoms with E-state index < -0.39 is 0 Å². The fraction of sp³-hybridized carbons (Fsp3) is 1.00. The summed E-state index contributed by atoms with van der Waals surface area (Å²) in [5.74, 6) is 6.33. The quantitative estimate of drug-likeness (QED) is 0.547. The normalized spacial score (nSPS) is 50.2. The lowest BCUT2D eigenvalue weighted by molar-refractivity contribution is -0.153. The zero-order chi connectivity index (χ0) is 16.7. The fourth-order valence-corrected chi connectivity index (χ4v) is 7.46. The van der Waals surface area contributed by atoms with Crippen molar-refractivity contribution in [2.75, 3.05) is 0 Å². The molecule has 0 N–H and O–H groups in total. The van der Waals surface area contributed by atoms with Gasteiger partial charge in [-0.1, -0.05) is 62.3 Å². The van der Waals surface area contributed by atoms with Gasteiger partial charge in [0.05, 0.1) is 0 Å². The van der Waals surface area contributed by atoms with Crippen molar-refractivity contribution in [2.24, 2.45) is 57.7 Å². The summed E-state index contributed by atoms with van der Waals surface area (Å²) in [7, 11) is 0. The van der Waals surface area contributed by atoms with Crippen molar-refractivity contribution in [3.63, 3.8) is 0 Å². The molecule has 3 aliphatic carbocycles. The molecule has 0 amide bonds. The first kappa shape index (κ1) is 16.8. The van der Waals surface area contributed by atoms with Crippen molar-refractivity contribution in [3.8, 4) is 0 Å². The van der Waals surface area contributed by atoms with E-state index >= 15 is 0 Å². The van der Waals surface area contributed by atoms with Crippen LogP contribution in [0.25, 0.3) is 0 Å². The summed E-state index contributed by atoms with van der Waals surface area (Å²) < 4.78 is 0. The van der Waals surface area contributed by atoms with Crippen LogP contribution >= 0.6 is 0 Å². The maximum atomic E-state index is 2.65. The molecule has 1 spiro atoms. The van der Waals surface area contributed by atoms with Gasteiger partial charge >= 0.3 is 0 Å². The summed E-state index contributed by atoms with van der Waals surface area (Å²) in [4.78, 5) is 0. The lowest BCUT2D eigenvalue weighted by atomic mass is 9.42. The lowest BCUT2D eigenvalue weighted by Crippen LogP contribution is -2.58. The van der Waals surface area contributed by atoms with Crippen molar-refractivity contribution >= 4 is 0 Å². The molecule has 0 nitrogen and oxygen atoms in total. The molecule has 0 aliphatic heterocycles. The maximum Gasteiger partial charge on any atom is -0.0212 e. The Morgan fingerprint density at radius 2 is 1.36 bits per heavy atom. The van der Waals surface area contributed by atoms with Crippen molar-refractivity contribution in [3.05, 3.63) is 0 Å². The molecule has 3 saturated carbocycles. The van der Waals surface area contributed by atoms with Crippen LogP contribution in [0.2, 0.25) is 0 Å². The van der Waals surface area contributed by atoms with Crippen LogP contribution in [-0.4, -0.2) is 0 Å². The van der Waals surface area contributed by atoms with Crippen LogP contribution in [0.15, 0.2) is 0 Å². The van der Waals surface area contributed by atoms with Gasteiger partial charge in [0, 0.05) is 0 Å². The summed E-state index contributed by atoms with van der Waals surface area (Å²) in [5.41, 5.74) is 1.80. The average Bonchev–Trinajstić information content (AvgIpc) is 3.22. The van der Waals surface area contributed by atoms with Crippen LogP contribution in [-0.2, 0) is 0 Å². The molecule has 3 aliphatic rings. The molecule has 0 heterocycles. The van der Waals surface area contributed by atoms with Gasteiger partial charge in [0.25, 0.3) is 0 Å². The molecule has 0 aromatic carbocycles. The molecule has 0 aromatic rings. The van der Waals surface area contributed by atoms with Crippen LogP contribution in [0.5, 0.6) is 0 Å². The molecule has 0 radical (unpaired) electrons. The first-order valence-corrected chi connectivity index (χ1v) is 10.0. The van der Waals surface area contributed by atoms with E-state index in [1.54, 1.807) is 0 Å². The Morgan fingerprint density at radius 3 is 1.77 bits per heavy atom. The van der Waals surface area contributed by atoms with E-state index in [1.165, 1.54) is 19.3 Å². The van der Waals surface area contributed by atoms with Gasteiger partial charge < -0.3 is 0 Å². The topological polar surface area (TPSA) is 0 Å². The van der Waals surface area contributed by atoms with Crippen LogP contribution in [0.3, 0.4) is 0 Å². The van der Waals surface area contributed by atoms with Crippen LogP contribution in [0.1, 0.15) is 81.6 Å². The second-order valence-corrected chi connectivity index (χ2v) is 10.7. The van der Waals surface area contributed by atoms with Gasteiger partial charge in [-0.2, -0.15) is 0 Å². The molecule has 0 bridgehead atoms. The van der Waals surface area contributed by atoms with E-state index in [-0.39, 0.29) is 0 Å². The van der Waals surface area contributed by atoms with Gasteiger partial charge in [-0.3, -0.25) is 0 Å². The van der Waals surface area contributed by atoms with Crippen molar-refractivity contribution in [2.45, 2.75) is 81.6 Å². The Hall–Kier alpha value is 0. The third-order valence-corrected chi connectivity index (χ3v) is 10.1. The SMILES string of the molecule is CC(C)C(C)C1CC(C2(C)C(C)C(C)C2C)C(C)(C)C12CC2. The Labute approximate surface area is 139 Å². The zero-order valence-electron chi connectivity index (χ0n) is 16.7. The molecule has 128 valence electrons. The highest BCUT2D eigenvalue weighted by atomic mass is 14.8. The lowest BCUT2D eigenvalue weighted by Gasteiger charge is -2.63. The molecule has 5 atom stereocenters. The van der Waals surface area contributed by atoms with Gasteiger partial charge in [-0.15, -0.1) is 0 Å². The molecular formula is C22H40. The Bertz CT molecular complexity index is 429. The molecule has 3 rings (SSSR count). The average molecular weight is 305 g/mol. The summed E-state index contributed by atoms with van der Waals surface area (Å²) in [6.45, 7) is 22.9. The van der Waals surface area contributed by atoms with E-state index in [1.807, 2.05) is 0 Å². The summed E-state index contributed by atoms with van der Waals surface area (Å²) in [6.07, 6.45) is 4.52. The number of hydrogen-bond acceptors (Lipinski definition) is 0. The first-order chi connectivity index (χ1) is 10.0. The van der Waals surface area contributed by atoms with Crippen molar-refractivity contribution in [1.29, 1.82) is 0 Å². The van der Waals surface area contributed by atoms with Gasteiger partial charge in [0.2, 0.25) is 0 Å². The third kappa shape index (κ3) is 1.76. The summed E-state index contributed by atoms with van der Waals surface area (Å²) >= 11 is 0. The van der Waals surface area contributed by atoms with Gasteiger partial charge in [0.15, 0.2) is 0 Å². The maximum absolute atomic E-state index is 2.65. The van der Waals surface area contributed by atoms with Gasteiger partial charge in [0.1, 0.15) is 0 Å². The molecule has 0 heteroatoms. The van der Waals surface area contributed by atoms with Crippen molar-refractivity contribution in [1.82, 2.24) is 0 Å². The van der Waals surface area contributed by atoms with Gasteiger partial charge in [-0.25, -0.2) is 0 Å². The first-order valence-electron chi connectivity index (χ1n) is 10.0. The highest BCUT2D eigenvalue weighted by Gasteiger charge is 2.72. The highest BCUT2D eigenvalue weighted by molar-refractivity contribution is 5.20. The molecule has 5 unspecified atom stereocenters. The molecule has 22 heavy (non-hydrogen) atoms. The minimum atomic E-state index is 0.540. The fourth-order valence-electron chi connectivity index (χ4n) is 7.46. The highest BCUT2D eigenvalue weighted by Crippen LogP contribution is 2.79. The van der Waals surface area contributed by atoms with E-state index in [0.717, 1.165) is 41.4 Å². The third-order valence-electron chi connectivity index (χ3n) is 10.1. The largest absolute Gasteiger partial charge is 0.0625 e. The predicted octanol–water partition coefficient (Wildman–Crippen LogP) is 6.65. The Kier molecular flexibility index (Phi) is 3.65. The van der Waals surface area contributed by atoms with E-state index in [9.17, 15) is 0 Å². The molecule has 3 fully saturated rings. The van der Waals surface area contributed by atoms with Crippen molar-refractivity contribution < 1.29 is 0 Å². The molecule has 0 saturated heterocycles. The standard InChI is InChI=1S/C22H40/c1-13(2)14(3)18-12-19(20(7,8)22(18)10-11-22)21(9)16(5)15(4)17(21)6/h13-19H,10-12H2,1-9H3. The van der Waals surface area contributed by atoms with E-state index in [4.69, 9.17) is 0 Å². The number of hydrogen-bond donors (Lipinski definition) is 0. The second-order valence-electron chi connectivity index (χ2n) is 10.7. The zero-order valence-corrected chi connectivity index (χ0v) is 16.7.